The van der Waals surface area contributed by atoms with Crippen LogP contribution in [-0.4, -0.2) is 21.9 Å². The topological polar surface area (TPSA) is 66.9 Å². The second-order valence-electron chi connectivity index (χ2n) is 4.67. The van der Waals surface area contributed by atoms with Crippen LogP contribution in [0.4, 0.5) is 11.5 Å². The Morgan fingerprint density at radius 2 is 2.10 bits per heavy atom. The Bertz CT molecular complexity index is 625. The first-order valence-corrected chi connectivity index (χ1v) is 7.15. The van der Waals surface area contributed by atoms with Crippen LogP contribution in [0.2, 0.25) is 0 Å². The molecule has 6 heteroatoms. The van der Waals surface area contributed by atoms with Gasteiger partial charge in [0, 0.05) is 16.2 Å². The van der Waals surface area contributed by atoms with Gasteiger partial charge in [-0.25, -0.2) is 9.97 Å². The molecule has 2 N–H and O–H groups in total. The van der Waals surface area contributed by atoms with Gasteiger partial charge in [0.25, 0.3) is 5.91 Å². The van der Waals surface area contributed by atoms with Gasteiger partial charge in [-0.05, 0) is 31.0 Å². The molecule has 1 amide bonds. The van der Waals surface area contributed by atoms with Crippen LogP contribution in [0.3, 0.4) is 0 Å². The minimum Gasteiger partial charge on any atom is -0.366 e. The van der Waals surface area contributed by atoms with Crippen LogP contribution in [0.15, 0.2) is 41.1 Å². The zero-order valence-corrected chi connectivity index (χ0v) is 12.2. The normalized spacial score (nSPS) is 13.8. The average molecular weight is 333 g/mol. The van der Waals surface area contributed by atoms with Crippen molar-refractivity contribution in [2.45, 2.75) is 18.9 Å². The van der Waals surface area contributed by atoms with Crippen LogP contribution in [0.25, 0.3) is 0 Å². The SMILES string of the molecule is O=C(Nc1cccc(Br)c1)c1cnc(NC2CC2)cn1. The summed E-state index contributed by atoms with van der Waals surface area (Å²) in [6.45, 7) is 0. The van der Waals surface area contributed by atoms with Gasteiger partial charge in [0.1, 0.15) is 11.5 Å². The fourth-order valence-electron chi connectivity index (χ4n) is 1.72. The molecule has 1 aliphatic carbocycles. The molecule has 0 unspecified atom stereocenters. The molecular formula is C14H13BrN4O. The predicted molar refractivity (Wildman–Crippen MR) is 80.8 cm³/mol. The van der Waals surface area contributed by atoms with Crippen molar-refractivity contribution in [1.29, 1.82) is 0 Å². The van der Waals surface area contributed by atoms with Gasteiger partial charge in [-0.1, -0.05) is 22.0 Å². The molecule has 1 aromatic heterocycles. The molecule has 102 valence electrons. The van der Waals surface area contributed by atoms with Gasteiger partial charge in [0.15, 0.2) is 0 Å². The van der Waals surface area contributed by atoms with E-state index >= 15 is 0 Å². The van der Waals surface area contributed by atoms with Crippen LogP contribution < -0.4 is 10.6 Å². The zero-order chi connectivity index (χ0) is 13.9. The minimum atomic E-state index is -0.270. The van der Waals surface area contributed by atoms with Crippen LogP contribution in [0.5, 0.6) is 0 Å². The molecule has 0 radical (unpaired) electrons. The van der Waals surface area contributed by atoms with Crippen molar-refractivity contribution in [3.05, 3.63) is 46.8 Å². The minimum absolute atomic E-state index is 0.270. The molecule has 3 rings (SSSR count). The first-order chi connectivity index (χ1) is 9.70. The summed E-state index contributed by atoms with van der Waals surface area (Å²) in [6, 6.07) is 7.92. The predicted octanol–water partition coefficient (Wildman–Crippen LogP) is 3.07. The monoisotopic (exact) mass is 332 g/mol. The molecule has 0 aliphatic heterocycles. The molecule has 0 saturated heterocycles. The number of nitrogens with zero attached hydrogens (tertiary/aromatic N) is 2. The van der Waals surface area contributed by atoms with Gasteiger partial charge in [-0.3, -0.25) is 4.79 Å². The molecule has 0 atom stereocenters. The quantitative estimate of drug-likeness (QED) is 0.902. The summed E-state index contributed by atoms with van der Waals surface area (Å²) in [5.41, 5.74) is 1.01. The largest absolute Gasteiger partial charge is 0.366 e. The fraction of sp³-hybridized carbons (Fsp3) is 0.214. The number of carbonyl (C=O) groups excluding carboxylic acids is 1. The molecule has 2 aromatic rings. The highest BCUT2D eigenvalue weighted by Gasteiger charge is 2.21. The van der Waals surface area contributed by atoms with E-state index in [1.165, 1.54) is 19.0 Å². The number of halogens is 1. The number of hydrogen-bond donors (Lipinski definition) is 2. The number of rotatable bonds is 4. The Labute approximate surface area is 125 Å². The molecular weight excluding hydrogens is 320 g/mol. The fourth-order valence-corrected chi connectivity index (χ4v) is 2.12. The van der Waals surface area contributed by atoms with E-state index < -0.39 is 0 Å². The third-order valence-corrected chi connectivity index (χ3v) is 3.39. The molecule has 1 saturated carbocycles. The Balaban J connectivity index is 1.66. The maximum Gasteiger partial charge on any atom is 0.275 e. The van der Waals surface area contributed by atoms with E-state index in [9.17, 15) is 4.79 Å². The van der Waals surface area contributed by atoms with Crippen LogP contribution in [0.1, 0.15) is 23.3 Å². The van der Waals surface area contributed by atoms with E-state index in [1.54, 1.807) is 6.20 Å². The van der Waals surface area contributed by atoms with Gasteiger partial charge in [0.2, 0.25) is 0 Å². The molecule has 1 heterocycles. The lowest BCUT2D eigenvalue weighted by molar-refractivity contribution is 0.102. The summed E-state index contributed by atoms with van der Waals surface area (Å²) in [5.74, 6) is 0.445. The Morgan fingerprint density at radius 1 is 1.25 bits per heavy atom. The van der Waals surface area contributed by atoms with Gasteiger partial charge in [0.05, 0.1) is 12.4 Å². The molecule has 1 fully saturated rings. The van der Waals surface area contributed by atoms with Crippen molar-refractivity contribution >= 4 is 33.3 Å². The van der Waals surface area contributed by atoms with Crippen molar-refractivity contribution in [3.8, 4) is 0 Å². The van der Waals surface area contributed by atoms with Crippen molar-refractivity contribution in [1.82, 2.24) is 9.97 Å². The second kappa shape index (κ2) is 5.58. The highest BCUT2D eigenvalue weighted by atomic mass is 79.9. The Morgan fingerprint density at radius 3 is 2.75 bits per heavy atom. The first kappa shape index (κ1) is 13.1. The maximum absolute atomic E-state index is 12.0. The summed E-state index contributed by atoms with van der Waals surface area (Å²) in [7, 11) is 0. The van der Waals surface area contributed by atoms with Gasteiger partial charge < -0.3 is 10.6 Å². The third kappa shape index (κ3) is 3.33. The molecule has 20 heavy (non-hydrogen) atoms. The number of aromatic nitrogens is 2. The average Bonchev–Trinajstić information content (AvgIpc) is 3.23. The smallest absolute Gasteiger partial charge is 0.275 e. The number of anilines is 2. The lowest BCUT2D eigenvalue weighted by Crippen LogP contribution is -2.14. The van der Waals surface area contributed by atoms with Gasteiger partial charge >= 0.3 is 0 Å². The molecule has 0 bridgehead atoms. The summed E-state index contributed by atoms with van der Waals surface area (Å²) in [6.07, 6.45) is 5.42. The highest BCUT2D eigenvalue weighted by Crippen LogP contribution is 2.23. The van der Waals surface area contributed by atoms with Crippen molar-refractivity contribution in [2.75, 3.05) is 10.6 Å². The van der Waals surface area contributed by atoms with E-state index in [0.717, 1.165) is 4.47 Å². The van der Waals surface area contributed by atoms with Crippen LogP contribution in [-0.2, 0) is 0 Å². The molecule has 5 nitrogen and oxygen atoms in total. The number of amides is 1. The van der Waals surface area contributed by atoms with E-state index in [0.29, 0.717) is 23.2 Å². The van der Waals surface area contributed by atoms with E-state index in [1.807, 2.05) is 24.3 Å². The summed E-state index contributed by atoms with van der Waals surface area (Å²) in [4.78, 5) is 20.3. The number of hydrogen-bond acceptors (Lipinski definition) is 4. The standard InChI is InChI=1S/C14H13BrN4O/c15-9-2-1-3-11(6-9)19-14(20)12-7-17-13(8-16-12)18-10-4-5-10/h1-3,6-8,10H,4-5H2,(H,17,18)(H,19,20). The summed E-state index contributed by atoms with van der Waals surface area (Å²) >= 11 is 3.36. The first-order valence-electron chi connectivity index (χ1n) is 6.36. The Kier molecular flexibility index (Phi) is 3.64. The number of carbonyl (C=O) groups is 1. The summed E-state index contributed by atoms with van der Waals surface area (Å²) < 4.78 is 0.908. The van der Waals surface area contributed by atoms with Crippen molar-refractivity contribution < 1.29 is 4.79 Å². The van der Waals surface area contributed by atoms with Crippen LogP contribution >= 0.6 is 15.9 Å². The zero-order valence-electron chi connectivity index (χ0n) is 10.6. The lowest BCUT2D eigenvalue weighted by atomic mass is 10.3. The number of nitrogens with one attached hydrogen (secondary N) is 2. The number of benzene rings is 1. The molecule has 0 spiro atoms. The highest BCUT2D eigenvalue weighted by molar-refractivity contribution is 9.10. The second-order valence-corrected chi connectivity index (χ2v) is 5.59. The maximum atomic E-state index is 12.0. The molecule has 1 aromatic carbocycles. The van der Waals surface area contributed by atoms with E-state index in [-0.39, 0.29) is 5.91 Å². The Hall–Kier alpha value is -1.95. The van der Waals surface area contributed by atoms with Gasteiger partial charge in [-0.2, -0.15) is 0 Å². The van der Waals surface area contributed by atoms with E-state index in [4.69, 9.17) is 0 Å². The lowest BCUT2D eigenvalue weighted by Gasteiger charge is -2.06. The van der Waals surface area contributed by atoms with Crippen LogP contribution in [0, 0.1) is 0 Å². The van der Waals surface area contributed by atoms with Crippen molar-refractivity contribution in [2.24, 2.45) is 0 Å². The van der Waals surface area contributed by atoms with Crippen molar-refractivity contribution in [3.63, 3.8) is 0 Å². The van der Waals surface area contributed by atoms with E-state index in [2.05, 4.69) is 36.5 Å². The summed E-state index contributed by atoms with van der Waals surface area (Å²) in [5, 5.41) is 6.01. The van der Waals surface area contributed by atoms with Gasteiger partial charge in [-0.15, -0.1) is 0 Å². The third-order valence-electron chi connectivity index (χ3n) is 2.90. The molecule has 1 aliphatic rings.